The van der Waals surface area contributed by atoms with E-state index in [4.69, 9.17) is 4.74 Å². The monoisotopic (exact) mass is 512 g/mol. The molecule has 37 heavy (non-hydrogen) atoms. The normalized spacial score (nSPS) is 17.1. The predicted octanol–water partition coefficient (Wildman–Crippen LogP) is 4.18. The van der Waals surface area contributed by atoms with Gasteiger partial charge in [-0.1, -0.05) is 29.8 Å². The maximum atomic E-state index is 14.1. The fraction of sp³-hybridized carbons (Fsp3) is 0.370. The molecule has 194 valence electrons. The van der Waals surface area contributed by atoms with E-state index in [1.54, 1.807) is 41.1 Å². The number of carbonyl (C=O) groups is 1. The number of hydrogen-bond acceptors (Lipinski definition) is 4. The number of fused-ring (bicyclic) bond motifs is 1. The molecular weight excluding hydrogens is 483 g/mol. The van der Waals surface area contributed by atoms with Crippen molar-refractivity contribution in [3.8, 4) is 5.69 Å². The molecule has 0 fully saturated rings. The topological polar surface area (TPSA) is 63.3 Å². The van der Waals surface area contributed by atoms with Gasteiger partial charge in [0.1, 0.15) is 0 Å². The molecule has 2 aromatic carbocycles. The molecule has 10 heteroatoms. The lowest BCUT2D eigenvalue weighted by Gasteiger charge is -2.26. The van der Waals surface area contributed by atoms with Crippen molar-refractivity contribution in [2.45, 2.75) is 45.1 Å². The number of para-hydroxylation sites is 1. The van der Waals surface area contributed by atoms with Gasteiger partial charge >= 0.3 is 6.18 Å². The van der Waals surface area contributed by atoms with Gasteiger partial charge in [-0.25, -0.2) is 4.57 Å². The maximum Gasteiger partial charge on any atom is 0.416 e. The van der Waals surface area contributed by atoms with Gasteiger partial charge in [-0.15, -0.1) is 0 Å². The molecule has 0 unspecified atom stereocenters. The summed E-state index contributed by atoms with van der Waals surface area (Å²) in [4.78, 5) is 15.1. The second kappa shape index (κ2) is 9.75. The summed E-state index contributed by atoms with van der Waals surface area (Å²) in [6.45, 7) is 2.75. The minimum Gasteiger partial charge on any atom is -0.377 e. The molecule has 1 atom stereocenters. The number of rotatable bonds is 8. The summed E-state index contributed by atoms with van der Waals surface area (Å²) >= 11 is 0. The highest BCUT2D eigenvalue weighted by molar-refractivity contribution is 6.11. The number of alkyl halides is 3. The molecule has 1 N–H and O–H groups in total. The van der Waals surface area contributed by atoms with Crippen molar-refractivity contribution in [1.82, 2.24) is 15.0 Å². The van der Waals surface area contributed by atoms with Gasteiger partial charge in [-0.05, 0) is 53.0 Å². The summed E-state index contributed by atoms with van der Waals surface area (Å²) in [6.07, 6.45) is 2.38. The number of hydrogen-bond donors (Lipinski definition) is 1. The number of methoxy groups -OCH3 is 1. The highest BCUT2D eigenvalue weighted by atomic mass is 19.4. The third kappa shape index (κ3) is 4.67. The Morgan fingerprint density at radius 2 is 2.03 bits per heavy atom. The number of ether oxygens (including phenoxy) is 1. The molecule has 1 aliphatic carbocycles. The summed E-state index contributed by atoms with van der Waals surface area (Å²) in [7, 11) is 3.48. The fourth-order valence-corrected chi connectivity index (χ4v) is 4.92. The second-order valence-electron chi connectivity index (χ2n) is 9.44. The Morgan fingerprint density at radius 1 is 1.24 bits per heavy atom. The summed E-state index contributed by atoms with van der Waals surface area (Å²) in [5, 5.41) is 7.57. The number of halogens is 3. The molecule has 2 heterocycles. The molecule has 7 nitrogen and oxygen atoms in total. The first-order chi connectivity index (χ1) is 17.7. The zero-order chi connectivity index (χ0) is 26.3. The van der Waals surface area contributed by atoms with Crippen molar-refractivity contribution in [3.05, 3.63) is 76.9 Å². The lowest BCUT2D eigenvalue weighted by Crippen LogP contribution is -2.37. The molecule has 0 radical (unpaired) electrons. The summed E-state index contributed by atoms with van der Waals surface area (Å²) in [5.41, 5.74) is 2.81. The summed E-state index contributed by atoms with van der Waals surface area (Å²) < 4.78 is 51.2. The van der Waals surface area contributed by atoms with E-state index in [0.717, 1.165) is 23.6 Å². The van der Waals surface area contributed by atoms with Gasteiger partial charge in [0.25, 0.3) is 12.2 Å². The first kappa shape index (κ1) is 25.2. The number of aryl methyl sites for hydroxylation is 1. The van der Waals surface area contributed by atoms with E-state index < -0.39 is 17.6 Å². The Bertz CT molecular complexity index is 1380. The Hall–Kier alpha value is -3.50. The number of benzene rings is 2. The van der Waals surface area contributed by atoms with E-state index in [9.17, 15) is 18.0 Å². The summed E-state index contributed by atoms with van der Waals surface area (Å²) in [6, 6.07) is 8.26. The van der Waals surface area contributed by atoms with Crippen LogP contribution < -0.4 is 14.9 Å². The van der Waals surface area contributed by atoms with Crippen LogP contribution in [0.4, 0.5) is 18.9 Å². The van der Waals surface area contributed by atoms with Crippen molar-refractivity contribution in [3.63, 3.8) is 0 Å². The highest BCUT2D eigenvalue weighted by Gasteiger charge is 2.42. The van der Waals surface area contributed by atoms with Crippen LogP contribution in [0.1, 0.15) is 52.4 Å². The minimum atomic E-state index is -4.58. The molecule has 1 aliphatic heterocycles. The third-order valence-electron chi connectivity index (χ3n) is 6.80. The number of amides is 1. The fourth-order valence-electron chi connectivity index (χ4n) is 4.92. The molecular formula is C27H29F3N5O2+. The first-order valence-electron chi connectivity index (χ1n) is 12.2. The van der Waals surface area contributed by atoms with Gasteiger partial charge in [-0.2, -0.15) is 13.2 Å². The quantitative estimate of drug-likeness (QED) is 0.364. The SMILES string of the molecule is CCCNCc1cc2c(c(C(F)(F)F)c1)CN(c1cccc(C3=C[C@@H](OC)C3)c1-[n+]1cn(C)cn1)C2=O. The van der Waals surface area contributed by atoms with Crippen LogP contribution in [0.2, 0.25) is 0 Å². The molecule has 1 aromatic heterocycles. The third-order valence-corrected chi connectivity index (χ3v) is 6.80. The van der Waals surface area contributed by atoms with Crippen LogP contribution in [-0.4, -0.2) is 35.3 Å². The maximum absolute atomic E-state index is 14.1. The molecule has 5 rings (SSSR count). The highest BCUT2D eigenvalue weighted by Crippen LogP contribution is 2.42. The molecule has 2 aliphatic rings. The van der Waals surface area contributed by atoms with Gasteiger partial charge in [0.2, 0.25) is 6.33 Å². The van der Waals surface area contributed by atoms with Crippen LogP contribution in [0.3, 0.4) is 0 Å². The van der Waals surface area contributed by atoms with Crippen molar-refractivity contribution in [1.29, 1.82) is 0 Å². The average Bonchev–Trinajstić information content (AvgIpc) is 3.40. The molecule has 0 bridgehead atoms. The lowest BCUT2D eigenvalue weighted by atomic mass is 9.88. The summed E-state index contributed by atoms with van der Waals surface area (Å²) in [5.74, 6) is -0.454. The zero-order valence-electron chi connectivity index (χ0n) is 21.0. The number of anilines is 1. The van der Waals surface area contributed by atoms with Gasteiger partial charge in [0.15, 0.2) is 5.69 Å². The molecule has 0 saturated carbocycles. The van der Waals surface area contributed by atoms with Crippen molar-refractivity contribution in [2.75, 3.05) is 18.6 Å². The van der Waals surface area contributed by atoms with Crippen LogP contribution in [0.25, 0.3) is 11.3 Å². The molecule has 1 amide bonds. The number of aromatic nitrogens is 3. The number of nitrogens with zero attached hydrogens (tertiary/aromatic N) is 4. The van der Waals surface area contributed by atoms with Crippen LogP contribution >= 0.6 is 0 Å². The van der Waals surface area contributed by atoms with E-state index in [2.05, 4.69) is 10.4 Å². The predicted molar refractivity (Wildman–Crippen MR) is 132 cm³/mol. The van der Waals surface area contributed by atoms with E-state index in [1.807, 2.05) is 32.2 Å². The van der Waals surface area contributed by atoms with Crippen molar-refractivity contribution >= 4 is 17.2 Å². The zero-order valence-corrected chi connectivity index (χ0v) is 21.0. The van der Waals surface area contributed by atoms with Crippen molar-refractivity contribution < 1.29 is 27.4 Å². The largest absolute Gasteiger partial charge is 0.416 e. The van der Waals surface area contributed by atoms with Gasteiger partial charge in [0, 0.05) is 31.2 Å². The average molecular weight is 513 g/mol. The van der Waals surface area contributed by atoms with Crippen LogP contribution in [-0.2, 0) is 31.1 Å². The standard InChI is InChI=1S/C27H29F3N5O2/c1-4-8-31-13-17-9-21-22(23(10-17)27(28,29)30)14-34(26(21)36)24-7-5-6-20(18-11-19(12-18)37-3)25(24)35-16-33(2)15-32-35/h5-7,9-11,15-16,19,31H,4,8,12-14H2,1-3H3/q+1/t19-/m1/s1. The molecule has 0 saturated heterocycles. The van der Waals surface area contributed by atoms with Crippen LogP contribution in [0.5, 0.6) is 0 Å². The van der Waals surface area contributed by atoms with Gasteiger partial charge in [0.05, 0.1) is 30.9 Å². The van der Waals surface area contributed by atoms with E-state index in [-0.39, 0.29) is 30.3 Å². The van der Waals surface area contributed by atoms with Crippen molar-refractivity contribution in [2.24, 2.45) is 7.05 Å². The van der Waals surface area contributed by atoms with E-state index >= 15 is 0 Å². The number of carbonyl (C=O) groups excluding carboxylic acids is 1. The smallest absolute Gasteiger partial charge is 0.377 e. The van der Waals surface area contributed by atoms with Gasteiger partial charge < -0.3 is 10.1 Å². The van der Waals surface area contributed by atoms with Gasteiger partial charge in [-0.3, -0.25) is 9.69 Å². The first-order valence-corrected chi connectivity index (χ1v) is 12.2. The second-order valence-corrected chi connectivity index (χ2v) is 9.44. The van der Waals surface area contributed by atoms with Crippen LogP contribution in [0.15, 0.2) is 49.1 Å². The Labute approximate surface area is 213 Å². The lowest BCUT2D eigenvalue weighted by molar-refractivity contribution is -0.656. The Kier molecular flexibility index (Phi) is 6.63. The Balaban J connectivity index is 1.61. The Morgan fingerprint density at radius 3 is 2.68 bits per heavy atom. The molecule has 0 spiro atoms. The van der Waals surface area contributed by atoms with E-state index in [0.29, 0.717) is 29.9 Å². The van der Waals surface area contributed by atoms with Crippen LogP contribution in [0, 0.1) is 0 Å². The minimum absolute atomic E-state index is 0.00132. The molecule has 3 aromatic rings. The number of nitrogens with one attached hydrogen (secondary N) is 1. The van der Waals surface area contributed by atoms with E-state index in [1.165, 1.54) is 4.90 Å².